The molecule has 0 spiro atoms. The molecule has 0 aliphatic carbocycles. The Kier molecular flexibility index (Phi) is 1.88. The highest BCUT2D eigenvalue weighted by Crippen LogP contribution is 2.28. The molecule has 0 aliphatic heterocycles. The number of pyridine rings is 1. The number of hydrogen-bond acceptors (Lipinski definition) is 2. The minimum absolute atomic E-state index is 0.0202. The molecular formula is C7H3ClF3N3. The van der Waals surface area contributed by atoms with Crippen LogP contribution in [0, 0.1) is 0 Å². The number of fused-ring (bicyclic) bond motifs is 1. The van der Waals surface area contributed by atoms with Gasteiger partial charge in [0.1, 0.15) is 5.69 Å². The second-order valence-electron chi connectivity index (χ2n) is 2.59. The maximum absolute atomic E-state index is 12.2. The number of imidazole rings is 1. The number of hydrogen-bond donors (Lipinski definition) is 1. The fraction of sp³-hybridized carbons (Fsp3) is 0.143. The molecule has 2 heterocycles. The van der Waals surface area contributed by atoms with Crippen LogP contribution >= 0.6 is 11.6 Å². The smallest absolute Gasteiger partial charge is 0.327 e. The summed E-state index contributed by atoms with van der Waals surface area (Å²) in [6, 6.07) is 2.11. The van der Waals surface area contributed by atoms with E-state index in [0.29, 0.717) is 5.52 Å². The van der Waals surface area contributed by atoms with Crippen LogP contribution in [-0.2, 0) is 6.18 Å². The highest BCUT2D eigenvalue weighted by atomic mass is 35.5. The minimum atomic E-state index is -4.46. The van der Waals surface area contributed by atoms with Gasteiger partial charge in [-0.2, -0.15) is 18.2 Å². The molecule has 0 atom stereocenters. The van der Waals surface area contributed by atoms with Gasteiger partial charge in [-0.15, -0.1) is 0 Å². The molecular weight excluding hydrogens is 219 g/mol. The Morgan fingerprint density at radius 3 is 2.57 bits per heavy atom. The van der Waals surface area contributed by atoms with Crippen molar-refractivity contribution in [3.63, 3.8) is 0 Å². The van der Waals surface area contributed by atoms with E-state index in [4.69, 9.17) is 11.6 Å². The van der Waals surface area contributed by atoms with Gasteiger partial charge in [0.15, 0.2) is 5.65 Å². The van der Waals surface area contributed by atoms with Crippen molar-refractivity contribution >= 4 is 22.8 Å². The number of H-pyrrole nitrogens is 1. The molecule has 0 saturated carbocycles. The molecule has 0 radical (unpaired) electrons. The van der Waals surface area contributed by atoms with Crippen LogP contribution in [0.1, 0.15) is 5.69 Å². The predicted octanol–water partition coefficient (Wildman–Crippen LogP) is 2.63. The first-order valence-electron chi connectivity index (χ1n) is 3.56. The molecule has 14 heavy (non-hydrogen) atoms. The van der Waals surface area contributed by atoms with Gasteiger partial charge in [0.25, 0.3) is 0 Å². The summed E-state index contributed by atoms with van der Waals surface area (Å²) in [5, 5.41) is 0.0202. The van der Waals surface area contributed by atoms with E-state index in [1.165, 1.54) is 6.07 Å². The standard InChI is InChI=1S/C7H3ClF3N3/c8-6-12-3-1-2-4(7(9,10)11)13-5(3)14-6/h1-2H,(H,12,13,14). The monoisotopic (exact) mass is 221 g/mol. The Morgan fingerprint density at radius 2 is 1.93 bits per heavy atom. The highest BCUT2D eigenvalue weighted by molar-refractivity contribution is 6.28. The number of nitrogens with zero attached hydrogens (tertiary/aromatic N) is 2. The van der Waals surface area contributed by atoms with E-state index < -0.39 is 11.9 Å². The number of alkyl halides is 3. The normalized spacial score (nSPS) is 12.3. The van der Waals surface area contributed by atoms with Crippen molar-refractivity contribution in [3.8, 4) is 0 Å². The van der Waals surface area contributed by atoms with Crippen molar-refractivity contribution in [2.24, 2.45) is 0 Å². The number of rotatable bonds is 0. The zero-order valence-electron chi connectivity index (χ0n) is 6.56. The van der Waals surface area contributed by atoms with Gasteiger partial charge in [-0.05, 0) is 23.7 Å². The summed E-state index contributed by atoms with van der Waals surface area (Å²) in [7, 11) is 0. The van der Waals surface area contributed by atoms with Crippen molar-refractivity contribution < 1.29 is 13.2 Å². The Labute approximate surface area is 80.9 Å². The zero-order valence-corrected chi connectivity index (χ0v) is 7.32. The number of aromatic amines is 1. The van der Waals surface area contributed by atoms with Crippen LogP contribution in [0.25, 0.3) is 11.2 Å². The molecule has 7 heteroatoms. The van der Waals surface area contributed by atoms with Gasteiger partial charge in [-0.1, -0.05) is 0 Å². The second kappa shape index (κ2) is 2.84. The van der Waals surface area contributed by atoms with Gasteiger partial charge >= 0.3 is 6.18 Å². The van der Waals surface area contributed by atoms with Crippen molar-refractivity contribution in [2.75, 3.05) is 0 Å². The third kappa shape index (κ3) is 1.52. The lowest BCUT2D eigenvalue weighted by molar-refractivity contribution is -0.141. The molecule has 0 bridgehead atoms. The maximum Gasteiger partial charge on any atom is 0.433 e. The molecule has 1 N–H and O–H groups in total. The average Bonchev–Trinajstić information content (AvgIpc) is 2.41. The van der Waals surface area contributed by atoms with Gasteiger partial charge in [0.05, 0.1) is 5.52 Å². The summed E-state index contributed by atoms with van der Waals surface area (Å²) < 4.78 is 36.6. The Morgan fingerprint density at radius 1 is 1.21 bits per heavy atom. The molecule has 3 nitrogen and oxygen atoms in total. The lowest BCUT2D eigenvalue weighted by Crippen LogP contribution is -2.07. The topological polar surface area (TPSA) is 41.6 Å². The summed E-state index contributed by atoms with van der Waals surface area (Å²) in [5.41, 5.74) is -0.638. The zero-order chi connectivity index (χ0) is 10.3. The van der Waals surface area contributed by atoms with Crippen molar-refractivity contribution in [2.45, 2.75) is 6.18 Å². The van der Waals surface area contributed by atoms with E-state index in [-0.39, 0.29) is 10.9 Å². The first-order chi connectivity index (χ1) is 6.47. The van der Waals surface area contributed by atoms with Crippen LogP contribution < -0.4 is 0 Å². The third-order valence-corrected chi connectivity index (χ3v) is 1.79. The van der Waals surface area contributed by atoms with Crippen molar-refractivity contribution in [1.82, 2.24) is 15.0 Å². The van der Waals surface area contributed by atoms with E-state index in [9.17, 15) is 13.2 Å². The Bertz CT molecular complexity index is 476. The van der Waals surface area contributed by atoms with Gasteiger partial charge in [0, 0.05) is 0 Å². The van der Waals surface area contributed by atoms with E-state index in [1.54, 1.807) is 0 Å². The van der Waals surface area contributed by atoms with Crippen LogP contribution in [0.5, 0.6) is 0 Å². The van der Waals surface area contributed by atoms with E-state index in [1.807, 2.05) is 0 Å². The minimum Gasteiger partial charge on any atom is -0.327 e. The molecule has 0 amide bonds. The van der Waals surface area contributed by atoms with Crippen LogP contribution in [0.2, 0.25) is 5.28 Å². The molecule has 0 unspecified atom stereocenters. The summed E-state index contributed by atoms with van der Waals surface area (Å²) in [6.45, 7) is 0. The molecule has 0 saturated heterocycles. The third-order valence-electron chi connectivity index (χ3n) is 1.61. The Hall–Kier alpha value is -1.30. The van der Waals surface area contributed by atoms with Gasteiger partial charge in [0.2, 0.25) is 5.28 Å². The average molecular weight is 222 g/mol. The quantitative estimate of drug-likeness (QED) is 0.743. The number of aromatic nitrogens is 3. The first-order valence-corrected chi connectivity index (χ1v) is 3.94. The van der Waals surface area contributed by atoms with Gasteiger partial charge < -0.3 is 4.98 Å². The van der Waals surface area contributed by atoms with Crippen molar-refractivity contribution in [3.05, 3.63) is 23.1 Å². The Balaban J connectivity index is 2.62. The SMILES string of the molecule is FC(F)(F)c1ccc2[nH]c(Cl)nc2n1. The molecule has 2 aromatic heterocycles. The molecule has 2 aromatic rings. The van der Waals surface area contributed by atoms with E-state index in [0.717, 1.165) is 6.07 Å². The summed E-state index contributed by atoms with van der Waals surface area (Å²) in [5.74, 6) is 0. The fourth-order valence-corrected chi connectivity index (χ4v) is 1.20. The largest absolute Gasteiger partial charge is 0.433 e. The number of nitrogens with one attached hydrogen (secondary N) is 1. The van der Waals surface area contributed by atoms with E-state index in [2.05, 4.69) is 15.0 Å². The summed E-state index contributed by atoms with van der Waals surface area (Å²) in [6.07, 6.45) is -4.46. The van der Waals surface area contributed by atoms with Crippen LogP contribution in [0.3, 0.4) is 0 Å². The molecule has 74 valence electrons. The van der Waals surface area contributed by atoms with Crippen LogP contribution in [-0.4, -0.2) is 15.0 Å². The van der Waals surface area contributed by atoms with Crippen LogP contribution in [0.4, 0.5) is 13.2 Å². The molecule has 0 fully saturated rings. The van der Waals surface area contributed by atoms with Crippen LogP contribution in [0.15, 0.2) is 12.1 Å². The van der Waals surface area contributed by atoms with Crippen molar-refractivity contribution in [1.29, 1.82) is 0 Å². The lowest BCUT2D eigenvalue weighted by atomic mass is 10.3. The lowest BCUT2D eigenvalue weighted by Gasteiger charge is -2.03. The predicted molar refractivity (Wildman–Crippen MR) is 43.9 cm³/mol. The fourth-order valence-electron chi connectivity index (χ4n) is 1.02. The molecule has 2 rings (SSSR count). The second-order valence-corrected chi connectivity index (χ2v) is 2.95. The van der Waals surface area contributed by atoms with Gasteiger partial charge in [-0.25, -0.2) is 4.98 Å². The van der Waals surface area contributed by atoms with Gasteiger partial charge in [-0.3, -0.25) is 0 Å². The first kappa shape index (κ1) is 9.26. The summed E-state index contributed by atoms with van der Waals surface area (Å²) in [4.78, 5) is 9.46. The molecule has 0 aliphatic rings. The molecule has 0 aromatic carbocycles. The summed E-state index contributed by atoms with van der Waals surface area (Å²) >= 11 is 5.46. The van der Waals surface area contributed by atoms with E-state index >= 15 is 0 Å². The number of halogens is 4. The highest BCUT2D eigenvalue weighted by Gasteiger charge is 2.32. The maximum atomic E-state index is 12.2.